The standard InChI is InChI=1S/C18H19BrINO2/c1-18(2,3)15-10-12(19)4-9-16(15)23-11-17(22)21-14-7-5-13(20)6-8-14/h4-10H,11H2,1-3H3,(H,21,22). The Morgan fingerprint density at radius 1 is 1.17 bits per heavy atom. The van der Waals surface area contributed by atoms with E-state index in [0.29, 0.717) is 0 Å². The third-order valence-electron chi connectivity index (χ3n) is 3.24. The highest BCUT2D eigenvalue weighted by Crippen LogP contribution is 2.33. The van der Waals surface area contributed by atoms with Crippen LogP contribution in [-0.2, 0) is 10.2 Å². The summed E-state index contributed by atoms with van der Waals surface area (Å²) in [7, 11) is 0. The Balaban J connectivity index is 2.03. The molecule has 0 fully saturated rings. The Bertz CT molecular complexity index is 693. The van der Waals surface area contributed by atoms with Crippen LogP contribution in [0.15, 0.2) is 46.9 Å². The van der Waals surface area contributed by atoms with E-state index >= 15 is 0 Å². The number of hydrogen-bond acceptors (Lipinski definition) is 2. The number of anilines is 1. The van der Waals surface area contributed by atoms with E-state index in [-0.39, 0.29) is 17.9 Å². The molecule has 2 aromatic rings. The second-order valence-electron chi connectivity index (χ2n) is 6.23. The van der Waals surface area contributed by atoms with Crippen LogP contribution in [0.1, 0.15) is 26.3 Å². The molecule has 122 valence electrons. The van der Waals surface area contributed by atoms with Gasteiger partial charge in [0.05, 0.1) is 0 Å². The molecule has 2 aromatic carbocycles. The van der Waals surface area contributed by atoms with E-state index in [1.54, 1.807) is 0 Å². The van der Waals surface area contributed by atoms with E-state index < -0.39 is 0 Å². The summed E-state index contributed by atoms with van der Waals surface area (Å²) in [5.41, 5.74) is 1.77. The van der Waals surface area contributed by atoms with Crippen LogP contribution in [-0.4, -0.2) is 12.5 Å². The minimum Gasteiger partial charge on any atom is -0.483 e. The molecule has 2 rings (SSSR count). The van der Waals surface area contributed by atoms with Crippen molar-refractivity contribution in [2.45, 2.75) is 26.2 Å². The quantitative estimate of drug-likeness (QED) is 0.589. The molecule has 0 unspecified atom stereocenters. The van der Waals surface area contributed by atoms with Gasteiger partial charge in [-0.1, -0.05) is 36.7 Å². The fourth-order valence-electron chi connectivity index (χ4n) is 2.09. The third-order valence-corrected chi connectivity index (χ3v) is 4.45. The van der Waals surface area contributed by atoms with Crippen LogP contribution >= 0.6 is 38.5 Å². The first-order valence-electron chi connectivity index (χ1n) is 7.24. The van der Waals surface area contributed by atoms with E-state index in [0.717, 1.165) is 25.0 Å². The fraction of sp³-hybridized carbons (Fsp3) is 0.278. The largest absolute Gasteiger partial charge is 0.483 e. The average molecular weight is 488 g/mol. The predicted molar refractivity (Wildman–Crippen MR) is 106 cm³/mol. The molecule has 0 aromatic heterocycles. The number of carbonyl (C=O) groups is 1. The van der Waals surface area contributed by atoms with Gasteiger partial charge < -0.3 is 10.1 Å². The van der Waals surface area contributed by atoms with Crippen LogP contribution in [0, 0.1) is 3.57 Å². The molecule has 3 nitrogen and oxygen atoms in total. The molecule has 0 saturated heterocycles. The molecule has 0 aliphatic carbocycles. The smallest absolute Gasteiger partial charge is 0.262 e. The molecule has 1 amide bonds. The maximum absolute atomic E-state index is 12.1. The highest BCUT2D eigenvalue weighted by molar-refractivity contribution is 14.1. The lowest BCUT2D eigenvalue weighted by molar-refractivity contribution is -0.118. The SMILES string of the molecule is CC(C)(C)c1cc(Br)ccc1OCC(=O)Nc1ccc(I)cc1. The number of ether oxygens (including phenoxy) is 1. The summed E-state index contributed by atoms with van der Waals surface area (Å²) < 4.78 is 7.87. The van der Waals surface area contributed by atoms with Crippen molar-refractivity contribution in [1.82, 2.24) is 0 Å². The van der Waals surface area contributed by atoms with Crippen molar-refractivity contribution in [1.29, 1.82) is 0 Å². The summed E-state index contributed by atoms with van der Waals surface area (Å²) in [6.07, 6.45) is 0. The molecule has 0 aliphatic heterocycles. The molecule has 0 atom stereocenters. The van der Waals surface area contributed by atoms with E-state index in [4.69, 9.17) is 4.74 Å². The van der Waals surface area contributed by atoms with Gasteiger partial charge in [-0.2, -0.15) is 0 Å². The number of carbonyl (C=O) groups excluding carboxylic acids is 1. The molecule has 0 bridgehead atoms. The molecule has 5 heteroatoms. The van der Waals surface area contributed by atoms with Crippen LogP contribution in [0.4, 0.5) is 5.69 Å². The summed E-state index contributed by atoms with van der Waals surface area (Å²) in [6.45, 7) is 6.34. The van der Waals surface area contributed by atoms with Gasteiger partial charge in [-0.25, -0.2) is 0 Å². The Kier molecular flexibility index (Phi) is 6.08. The number of nitrogens with one attached hydrogen (secondary N) is 1. The van der Waals surface area contributed by atoms with Crippen molar-refractivity contribution >= 4 is 50.1 Å². The lowest BCUT2D eigenvalue weighted by atomic mass is 9.86. The molecule has 0 saturated carbocycles. The summed E-state index contributed by atoms with van der Waals surface area (Å²) >= 11 is 5.71. The van der Waals surface area contributed by atoms with Gasteiger partial charge in [0.1, 0.15) is 5.75 Å². The Labute approximate surface area is 159 Å². The summed E-state index contributed by atoms with van der Waals surface area (Å²) in [5, 5.41) is 2.83. The topological polar surface area (TPSA) is 38.3 Å². The summed E-state index contributed by atoms with van der Waals surface area (Å²) in [4.78, 5) is 12.1. The molecule has 0 heterocycles. The van der Waals surface area contributed by atoms with Crippen LogP contribution in [0.25, 0.3) is 0 Å². The van der Waals surface area contributed by atoms with Gasteiger partial charge >= 0.3 is 0 Å². The molecular weight excluding hydrogens is 469 g/mol. The van der Waals surface area contributed by atoms with Gasteiger partial charge in [-0.15, -0.1) is 0 Å². The predicted octanol–water partition coefficient (Wildman–Crippen LogP) is 5.37. The van der Waals surface area contributed by atoms with Crippen molar-refractivity contribution in [2.75, 3.05) is 11.9 Å². The Hall–Kier alpha value is -1.08. The fourth-order valence-corrected chi connectivity index (χ4v) is 2.81. The zero-order valence-corrected chi connectivity index (χ0v) is 17.1. The van der Waals surface area contributed by atoms with Crippen LogP contribution < -0.4 is 10.1 Å². The first-order valence-corrected chi connectivity index (χ1v) is 9.11. The van der Waals surface area contributed by atoms with Gasteiger partial charge in [-0.05, 0) is 70.5 Å². The van der Waals surface area contributed by atoms with E-state index in [1.807, 2.05) is 42.5 Å². The monoisotopic (exact) mass is 487 g/mol. The van der Waals surface area contributed by atoms with Crippen LogP contribution in [0.5, 0.6) is 5.75 Å². The highest BCUT2D eigenvalue weighted by Gasteiger charge is 2.20. The van der Waals surface area contributed by atoms with Crippen LogP contribution in [0.3, 0.4) is 0 Å². The lowest BCUT2D eigenvalue weighted by Gasteiger charge is -2.23. The van der Waals surface area contributed by atoms with Gasteiger partial charge in [0, 0.05) is 19.3 Å². The van der Waals surface area contributed by atoms with Gasteiger partial charge in [0.25, 0.3) is 5.91 Å². The van der Waals surface area contributed by atoms with Crippen molar-refractivity contribution < 1.29 is 9.53 Å². The maximum atomic E-state index is 12.1. The summed E-state index contributed by atoms with van der Waals surface area (Å²) in [6, 6.07) is 13.5. The maximum Gasteiger partial charge on any atom is 0.262 e. The number of halogens is 2. The van der Waals surface area contributed by atoms with E-state index in [2.05, 4.69) is 64.6 Å². The second-order valence-corrected chi connectivity index (χ2v) is 8.40. The Morgan fingerprint density at radius 3 is 2.43 bits per heavy atom. The minimum atomic E-state index is -0.172. The van der Waals surface area contributed by atoms with E-state index in [9.17, 15) is 4.79 Å². The van der Waals surface area contributed by atoms with Crippen molar-refractivity contribution in [3.63, 3.8) is 0 Å². The number of amides is 1. The first-order chi connectivity index (χ1) is 10.8. The minimum absolute atomic E-state index is 0.0172. The normalized spacial score (nSPS) is 11.2. The number of rotatable bonds is 4. The van der Waals surface area contributed by atoms with Gasteiger partial charge in [-0.3, -0.25) is 4.79 Å². The number of benzene rings is 2. The van der Waals surface area contributed by atoms with Crippen LogP contribution in [0.2, 0.25) is 0 Å². The zero-order valence-electron chi connectivity index (χ0n) is 13.3. The van der Waals surface area contributed by atoms with Crippen molar-refractivity contribution in [3.05, 3.63) is 56.1 Å². The second kappa shape index (κ2) is 7.66. The molecular formula is C18H19BrINO2. The molecule has 23 heavy (non-hydrogen) atoms. The highest BCUT2D eigenvalue weighted by atomic mass is 127. The third kappa shape index (κ3) is 5.49. The number of hydrogen-bond donors (Lipinski definition) is 1. The van der Waals surface area contributed by atoms with Crippen molar-refractivity contribution in [2.24, 2.45) is 0 Å². The van der Waals surface area contributed by atoms with E-state index in [1.165, 1.54) is 0 Å². The molecule has 0 spiro atoms. The average Bonchev–Trinajstić information content (AvgIpc) is 2.47. The molecule has 0 radical (unpaired) electrons. The lowest BCUT2D eigenvalue weighted by Crippen LogP contribution is -2.22. The molecule has 0 aliphatic rings. The zero-order chi connectivity index (χ0) is 17.0. The van der Waals surface area contributed by atoms with Crippen molar-refractivity contribution in [3.8, 4) is 5.75 Å². The molecule has 1 N–H and O–H groups in total. The first kappa shape index (κ1) is 18.3. The van der Waals surface area contributed by atoms with Gasteiger partial charge in [0.2, 0.25) is 0 Å². The Morgan fingerprint density at radius 2 is 1.83 bits per heavy atom. The summed E-state index contributed by atoms with van der Waals surface area (Å²) in [5.74, 6) is 0.562. The van der Waals surface area contributed by atoms with Gasteiger partial charge in [0.15, 0.2) is 6.61 Å².